The smallest absolute Gasteiger partial charge is 0.228 e. The van der Waals surface area contributed by atoms with Crippen molar-refractivity contribution in [1.82, 2.24) is 0 Å². The Labute approximate surface area is 124 Å². The van der Waals surface area contributed by atoms with E-state index in [1.54, 1.807) is 6.21 Å². The standard InChI is InChI=1S/C17H20N2O2/c20-16(19-11-4-2-1-3-5-11)15-12(10-18-21)13-6-7-14(15)17(13)8-9-17/h1-5,10,12-15,21H,6-9H2,(H,19,20)/b18-10-. The molecule has 3 aliphatic carbocycles. The minimum absolute atomic E-state index is 0.0395. The molecule has 0 heterocycles. The zero-order chi connectivity index (χ0) is 14.4. The minimum Gasteiger partial charge on any atom is -0.411 e. The zero-order valence-corrected chi connectivity index (χ0v) is 11.9. The van der Waals surface area contributed by atoms with Crippen LogP contribution in [-0.2, 0) is 4.79 Å². The molecule has 4 rings (SSSR count). The molecule has 4 atom stereocenters. The predicted molar refractivity (Wildman–Crippen MR) is 80.2 cm³/mol. The molecule has 2 bridgehead atoms. The number of nitrogens with zero attached hydrogens (tertiary/aromatic N) is 1. The second-order valence-electron chi connectivity index (χ2n) is 6.75. The first-order chi connectivity index (χ1) is 10.3. The van der Waals surface area contributed by atoms with Gasteiger partial charge in [0.1, 0.15) is 0 Å². The number of hydrogen-bond acceptors (Lipinski definition) is 3. The van der Waals surface area contributed by atoms with E-state index < -0.39 is 0 Å². The molecule has 0 aliphatic heterocycles. The van der Waals surface area contributed by atoms with Crippen LogP contribution < -0.4 is 5.32 Å². The molecule has 1 spiro atoms. The number of nitrogens with one attached hydrogen (secondary N) is 1. The average Bonchev–Trinajstić information content (AvgIpc) is 3.15. The van der Waals surface area contributed by atoms with Crippen LogP contribution in [0.5, 0.6) is 0 Å². The third-order valence-electron chi connectivity index (χ3n) is 5.99. The second kappa shape index (κ2) is 4.58. The number of hydrogen-bond donors (Lipinski definition) is 2. The van der Waals surface area contributed by atoms with Gasteiger partial charge in [-0.05, 0) is 55.1 Å². The van der Waals surface area contributed by atoms with Gasteiger partial charge < -0.3 is 10.5 Å². The molecule has 3 fully saturated rings. The molecular weight excluding hydrogens is 264 g/mol. The number of benzene rings is 1. The summed E-state index contributed by atoms with van der Waals surface area (Å²) >= 11 is 0. The summed E-state index contributed by atoms with van der Waals surface area (Å²) in [5.74, 6) is 1.14. The lowest BCUT2D eigenvalue weighted by Crippen LogP contribution is -2.34. The fourth-order valence-electron chi connectivity index (χ4n) is 5.10. The number of oxime groups is 1. The van der Waals surface area contributed by atoms with E-state index in [0.29, 0.717) is 17.3 Å². The van der Waals surface area contributed by atoms with E-state index in [1.807, 2.05) is 30.3 Å². The summed E-state index contributed by atoms with van der Waals surface area (Å²) in [4.78, 5) is 12.8. The van der Waals surface area contributed by atoms with Gasteiger partial charge in [-0.2, -0.15) is 0 Å². The van der Waals surface area contributed by atoms with Crippen LogP contribution in [0.2, 0.25) is 0 Å². The molecule has 1 aromatic carbocycles. The summed E-state index contributed by atoms with van der Waals surface area (Å²) < 4.78 is 0. The van der Waals surface area contributed by atoms with Gasteiger partial charge in [0.15, 0.2) is 0 Å². The van der Waals surface area contributed by atoms with Gasteiger partial charge in [0.25, 0.3) is 0 Å². The monoisotopic (exact) mass is 284 g/mol. The largest absolute Gasteiger partial charge is 0.411 e. The molecule has 4 heteroatoms. The van der Waals surface area contributed by atoms with Crippen molar-refractivity contribution < 1.29 is 10.0 Å². The molecular formula is C17H20N2O2. The summed E-state index contributed by atoms with van der Waals surface area (Å²) in [7, 11) is 0. The van der Waals surface area contributed by atoms with E-state index in [1.165, 1.54) is 19.3 Å². The first-order valence-corrected chi connectivity index (χ1v) is 7.80. The van der Waals surface area contributed by atoms with Gasteiger partial charge in [-0.1, -0.05) is 18.2 Å². The Morgan fingerprint density at radius 1 is 1.24 bits per heavy atom. The van der Waals surface area contributed by atoms with E-state index >= 15 is 0 Å². The highest BCUT2D eigenvalue weighted by Gasteiger charge is 2.69. The van der Waals surface area contributed by atoms with Crippen molar-refractivity contribution in [1.29, 1.82) is 0 Å². The van der Waals surface area contributed by atoms with Gasteiger partial charge in [-0.3, -0.25) is 4.79 Å². The SMILES string of the molecule is O=C(Nc1ccccc1)C1C(/C=N\O)C2CCC1C21CC1. The van der Waals surface area contributed by atoms with E-state index in [9.17, 15) is 4.79 Å². The molecule has 2 N–H and O–H groups in total. The Morgan fingerprint density at radius 3 is 2.62 bits per heavy atom. The molecule has 21 heavy (non-hydrogen) atoms. The first kappa shape index (κ1) is 12.9. The van der Waals surface area contributed by atoms with Crippen LogP contribution in [0.25, 0.3) is 0 Å². The lowest BCUT2D eigenvalue weighted by Gasteiger charge is -2.26. The third-order valence-corrected chi connectivity index (χ3v) is 5.99. The minimum atomic E-state index is -0.0395. The summed E-state index contributed by atoms with van der Waals surface area (Å²) in [6.07, 6.45) is 6.42. The van der Waals surface area contributed by atoms with Crippen molar-refractivity contribution in [3.05, 3.63) is 30.3 Å². The van der Waals surface area contributed by atoms with E-state index in [2.05, 4.69) is 10.5 Å². The summed E-state index contributed by atoms with van der Waals surface area (Å²) in [5, 5.41) is 15.3. The number of carbonyl (C=O) groups is 1. The summed E-state index contributed by atoms with van der Waals surface area (Å²) in [5.41, 5.74) is 1.22. The molecule has 110 valence electrons. The number of para-hydroxylation sites is 1. The highest BCUT2D eigenvalue weighted by molar-refractivity contribution is 5.95. The van der Waals surface area contributed by atoms with Crippen LogP contribution in [0.15, 0.2) is 35.5 Å². The lowest BCUT2D eigenvalue weighted by atomic mass is 9.79. The predicted octanol–water partition coefficient (Wildman–Crippen LogP) is 3.14. The van der Waals surface area contributed by atoms with E-state index in [-0.39, 0.29) is 17.7 Å². The maximum atomic E-state index is 12.8. The van der Waals surface area contributed by atoms with Crippen molar-refractivity contribution in [2.45, 2.75) is 25.7 Å². The van der Waals surface area contributed by atoms with Crippen LogP contribution in [0.4, 0.5) is 5.69 Å². The summed E-state index contributed by atoms with van der Waals surface area (Å²) in [6, 6.07) is 9.60. The van der Waals surface area contributed by atoms with Crippen molar-refractivity contribution in [2.75, 3.05) is 5.32 Å². The van der Waals surface area contributed by atoms with Gasteiger partial charge in [-0.25, -0.2) is 0 Å². The van der Waals surface area contributed by atoms with Crippen molar-refractivity contribution in [2.24, 2.45) is 34.2 Å². The van der Waals surface area contributed by atoms with Gasteiger partial charge >= 0.3 is 0 Å². The first-order valence-electron chi connectivity index (χ1n) is 7.80. The molecule has 3 saturated carbocycles. The topological polar surface area (TPSA) is 61.7 Å². The van der Waals surface area contributed by atoms with Crippen LogP contribution in [0.3, 0.4) is 0 Å². The van der Waals surface area contributed by atoms with Crippen LogP contribution >= 0.6 is 0 Å². The second-order valence-corrected chi connectivity index (χ2v) is 6.75. The maximum Gasteiger partial charge on any atom is 0.228 e. The van der Waals surface area contributed by atoms with Crippen LogP contribution in [-0.4, -0.2) is 17.3 Å². The van der Waals surface area contributed by atoms with Gasteiger partial charge in [0.05, 0.1) is 0 Å². The highest BCUT2D eigenvalue weighted by Crippen LogP contribution is 2.74. The van der Waals surface area contributed by atoms with E-state index in [4.69, 9.17) is 5.21 Å². The van der Waals surface area contributed by atoms with E-state index in [0.717, 1.165) is 12.1 Å². The molecule has 0 saturated heterocycles. The molecule has 0 radical (unpaired) electrons. The molecule has 1 amide bonds. The summed E-state index contributed by atoms with van der Waals surface area (Å²) in [6.45, 7) is 0. The Morgan fingerprint density at radius 2 is 1.95 bits per heavy atom. The molecule has 4 nitrogen and oxygen atoms in total. The highest BCUT2D eigenvalue weighted by atomic mass is 16.4. The van der Waals surface area contributed by atoms with Crippen molar-refractivity contribution >= 4 is 17.8 Å². The number of carbonyl (C=O) groups excluding carboxylic acids is 1. The molecule has 1 aromatic rings. The van der Waals surface area contributed by atoms with Crippen LogP contribution in [0.1, 0.15) is 25.7 Å². The fourth-order valence-corrected chi connectivity index (χ4v) is 5.10. The number of rotatable bonds is 3. The third kappa shape index (κ3) is 1.81. The van der Waals surface area contributed by atoms with Crippen molar-refractivity contribution in [3.8, 4) is 0 Å². The molecule has 3 aliphatic rings. The van der Waals surface area contributed by atoms with Gasteiger partial charge in [0, 0.05) is 23.7 Å². The van der Waals surface area contributed by atoms with Gasteiger partial charge in [0.2, 0.25) is 5.91 Å². The Bertz CT molecular complexity index is 580. The molecule has 0 aromatic heterocycles. The van der Waals surface area contributed by atoms with Crippen molar-refractivity contribution in [3.63, 3.8) is 0 Å². The lowest BCUT2D eigenvalue weighted by molar-refractivity contribution is -0.122. The Hall–Kier alpha value is -1.84. The Balaban J connectivity index is 1.59. The van der Waals surface area contributed by atoms with Gasteiger partial charge in [-0.15, -0.1) is 5.16 Å². The number of amides is 1. The maximum absolute atomic E-state index is 12.8. The number of anilines is 1. The Kier molecular flexibility index (Phi) is 2.81. The normalized spacial score (nSPS) is 35.4. The molecule has 4 unspecified atom stereocenters. The fraction of sp³-hybridized carbons (Fsp3) is 0.529. The average molecular weight is 284 g/mol. The zero-order valence-electron chi connectivity index (χ0n) is 11.9. The quantitative estimate of drug-likeness (QED) is 0.509. The van der Waals surface area contributed by atoms with Crippen LogP contribution in [0, 0.1) is 29.1 Å².